The molecule has 0 fully saturated rings. The molecule has 1 atom stereocenters. The van der Waals surface area contributed by atoms with Gasteiger partial charge >= 0.3 is 0 Å². The molecule has 0 aliphatic carbocycles. The lowest BCUT2D eigenvalue weighted by molar-refractivity contribution is 0.0859. The molecule has 108 valence electrons. The Morgan fingerprint density at radius 2 is 2.16 bits per heavy atom. The third kappa shape index (κ3) is 6.14. The molecule has 19 heavy (non-hydrogen) atoms. The lowest BCUT2D eigenvalue weighted by atomic mass is 10.2. The third-order valence-electron chi connectivity index (χ3n) is 3.13. The molecule has 0 saturated heterocycles. The van der Waals surface area contributed by atoms with Crippen LogP contribution >= 0.6 is 0 Å². The summed E-state index contributed by atoms with van der Waals surface area (Å²) in [5.41, 5.74) is 1.11. The van der Waals surface area contributed by atoms with Crippen molar-refractivity contribution in [2.75, 3.05) is 26.8 Å². The van der Waals surface area contributed by atoms with E-state index in [0.717, 1.165) is 31.9 Å². The van der Waals surface area contributed by atoms with E-state index in [1.165, 1.54) is 0 Å². The van der Waals surface area contributed by atoms with Gasteiger partial charge in [0.15, 0.2) is 0 Å². The second-order valence-electron chi connectivity index (χ2n) is 5.06. The van der Waals surface area contributed by atoms with Gasteiger partial charge in [-0.05, 0) is 18.7 Å². The molecule has 0 bridgehead atoms. The molecule has 1 aromatic heterocycles. The smallest absolute Gasteiger partial charge is 0.0630 e. The van der Waals surface area contributed by atoms with E-state index in [-0.39, 0.29) is 0 Å². The fourth-order valence-corrected chi connectivity index (χ4v) is 2.06. The highest BCUT2D eigenvalue weighted by atomic mass is 16.5. The lowest BCUT2D eigenvalue weighted by Gasteiger charge is -2.30. The summed E-state index contributed by atoms with van der Waals surface area (Å²) in [7, 11) is 1.76. The normalized spacial score (nSPS) is 13.2. The number of nitrogens with one attached hydrogen (secondary N) is 1. The highest BCUT2D eigenvalue weighted by Gasteiger charge is 2.17. The molecule has 4 heteroatoms. The van der Waals surface area contributed by atoms with E-state index in [4.69, 9.17) is 4.74 Å². The summed E-state index contributed by atoms with van der Waals surface area (Å²) in [5, 5.41) is 3.49. The first-order valence-corrected chi connectivity index (χ1v) is 7.03. The Balaban J connectivity index is 2.61. The minimum absolute atomic E-state index is 0.374. The Labute approximate surface area is 117 Å². The van der Waals surface area contributed by atoms with Gasteiger partial charge in [0.25, 0.3) is 0 Å². The van der Waals surface area contributed by atoms with Crippen LogP contribution in [-0.4, -0.2) is 48.8 Å². The Morgan fingerprint density at radius 3 is 2.68 bits per heavy atom. The van der Waals surface area contributed by atoms with Gasteiger partial charge in [0, 0.05) is 38.5 Å². The van der Waals surface area contributed by atoms with E-state index in [9.17, 15) is 0 Å². The molecule has 0 amide bonds. The average Bonchev–Trinajstić information content (AvgIpc) is 2.42. The molecule has 1 aromatic rings. The SMILES string of the molecule is CCN(Cc1ccccn1)C(CNC(C)C)COC. The molecule has 1 rings (SSSR count). The fourth-order valence-electron chi connectivity index (χ4n) is 2.06. The van der Waals surface area contributed by atoms with Gasteiger partial charge in [-0.2, -0.15) is 0 Å². The predicted octanol–water partition coefficient (Wildman–Crippen LogP) is 1.92. The molecule has 0 saturated carbocycles. The summed E-state index contributed by atoms with van der Waals surface area (Å²) in [6.07, 6.45) is 1.85. The van der Waals surface area contributed by atoms with Gasteiger partial charge in [-0.3, -0.25) is 9.88 Å². The second kappa shape index (κ2) is 9.02. The summed E-state index contributed by atoms with van der Waals surface area (Å²) >= 11 is 0. The molecule has 4 nitrogen and oxygen atoms in total. The van der Waals surface area contributed by atoms with Crippen LogP contribution in [0, 0.1) is 0 Å². The van der Waals surface area contributed by atoms with Crippen LogP contribution < -0.4 is 5.32 Å². The van der Waals surface area contributed by atoms with Crippen molar-refractivity contribution in [3.05, 3.63) is 30.1 Å². The topological polar surface area (TPSA) is 37.4 Å². The standard InChI is InChI=1S/C15H27N3O/c1-5-18(11-14-8-6-7-9-16-14)15(12-19-4)10-17-13(2)3/h6-9,13,15,17H,5,10-12H2,1-4H3. The van der Waals surface area contributed by atoms with Crippen molar-refractivity contribution in [2.24, 2.45) is 0 Å². The van der Waals surface area contributed by atoms with E-state index in [0.29, 0.717) is 12.1 Å². The molecular formula is C15H27N3O. The average molecular weight is 265 g/mol. The van der Waals surface area contributed by atoms with Crippen molar-refractivity contribution in [2.45, 2.75) is 39.4 Å². The number of ether oxygens (including phenoxy) is 1. The highest BCUT2D eigenvalue weighted by Crippen LogP contribution is 2.06. The number of hydrogen-bond donors (Lipinski definition) is 1. The van der Waals surface area contributed by atoms with Crippen molar-refractivity contribution >= 4 is 0 Å². The lowest BCUT2D eigenvalue weighted by Crippen LogP contribution is -2.46. The number of aromatic nitrogens is 1. The van der Waals surface area contributed by atoms with Crippen LogP contribution in [0.1, 0.15) is 26.5 Å². The number of pyridine rings is 1. The molecule has 0 radical (unpaired) electrons. The number of hydrogen-bond acceptors (Lipinski definition) is 4. The minimum atomic E-state index is 0.374. The van der Waals surface area contributed by atoms with Gasteiger partial charge in [0.05, 0.1) is 12.3 Å². The van der Waals surface area contributed by atoms with Gasteiger partial charge in [0.2, 0.25) is 0 Å². The van der Waals surface area contributed by atoms with Gasteiger partial charge in [-0.25, -0.2) is 0 Å². The second-order valence-corrected chi connectivity index (χ2v) is 5.06. The van der Waals surface area contributed by atoms with Crippen LogP contribution in [0.25, 0.3) is 0 Å². The van der Waals surface area contributed by atoms with Crippen LogP contribution in [0.3, 0.4) is 0 Å². The number of methoxy groups -OCH3 is 1. The first-order chi connectivity index (χ1) is 9.17. The van der Waals surface area contributed by atoms with Crippen LogP contribution in [-0.2, 0) is 11.3 Å². The van der Waals surface area contributed by atoms with E-state index in [1.54, 1.807) is 7.11 Å². The van der Waals surface area contributed by atoms with Crippen LogP contribution in [0.2, 0.25) is 0 Å². The van der Waals surface area contributed by atoms with Crippen LogP contribution in [0.5, 0.6) is 0 Å². The minimum Gasteiger partial charge on any atom is -0.383 e. The Kier molecular flexibility index (Phi) is 7.63. The molecule has 0 spiro atoms. The first-order valence-electron chi connectivity index (χ1n) is 7.03. The van der Waals surface area contributed by atoms with Crippen LogP contribution in [0.15, 0.2) is 24.4 Å². The summed E-state index contributed by atoms with van der Waals surface area (Å²) in [6.45, 7) is 10.0. The molecule has 1 N–H and O–H groups in total. The monoisotopic (exact) mass is 265 g/mol. The number of likely N-dealkylation sites (N-methyl/N-ethyl adjacent to an activating group) is 1. The summed E-state index contributed by atoms with van der Waals surface area (Å²) in [5.74, 6) is 0. The molecule has 0 aromatic carbocycles. The maximum Gasteiger partial charge on any atom is 0.0630 e. The summed E-state index contributed by atoms with van der Waals surface area (Å²) in [6, 6.07) is 6.93. The number of nitrogens with zero attached hydrogens (tertiary/aromatic N) is 2. The molecule has 1 unspecified atom stereocenters. The van der Waals surface area contributed by atoms with Crippen molar-refractivity contribution in [1.82, 2.24) is 15.2 Å². The van der Waals surface area contributed by atoms with Crippen molar-refractivity contribution in [3.8, 4) is 0 Å². The zero-order valence-electron chi connectivity index (χ0n) is 12.6. The van der Waals surface area contributed by atoms with Crippen molar-refractivity contribution in [1.29, 1.82) is 0 Å². The van der Waals surface area contributed by atoms with Gasteiger partial charge in [-0.1, -0.05) is 26.8 Å². The molecule has 0 aliphatic rings. The van der Waals surface area contributed by atoms with Crippen molar-refractivity contribution in [3.63, 3.8) is 0 Å². The largest absolute Gasteiger partial charge is 0.383 e. The van der Waals surface area contributed by atoms with E-state index < -0.39 is 0 Å². The Morgan fingerprint density at radius 1 is 1.37 bits per heavy atom. The molecular weight excluding hydrogens is 238 g/mol. The van der Waals surface area contributed by atoms with Gasteiger partial charge in [0.1, 0.15) is 0 Å². The fraction of sp³-hybridized carbons (Fsp3) is 0.667. The summed E-state index contributed by atoms with van der Waals surface area (Å²) < 4.78 is 5.35. The molecule has 0 aliphatic heterocycles. The van der Waals surface area contributed by atoms with E-state index in [2.05, 4.69) is 42.0 Å². The van der Waals surface area contributed by atoms with E-state index >= 15 is 0 Å². The Bertz CT molecular complexity index is 329. The number of rotatable bonds is 9. The molecule has 1 heterocycles. The van der Waals surface area contributed by atoms with Gasteiger partial charge < -0.3 is 10.1 Å². The zero-order chi connectivity index (χ0) is 14.1. The Hall–Kier alpha value is -0.970. The predicted molar refractivity (Wildman–Crippen MR) is 79.1 cm³/mol. The first kappa shape index (κ1) is 16.1. The van der Waals surface area contributed by atoms with Crippen molar-refractivity contribution < 1.29 is 4.74 Å². The van der Waals surface area contributed by atoms with Crippen LogP contribution in [0.4, 0.5) is 0 Å². The third-order valence-corrected chi connectivity index (χ3v) is 3.13. The summed E-state index contributed by atoms with van der Waals surface area (Å²) in [4.78, 5) is 6.81. The van der Waals surface area contributed by atoms with E-state index in [1.807, 2.05) is 18.3 Å². The van der Waals surface area contributed by atoms with Gasteiger partial charge in [-0.15, -0.1) is 0 Å². The zero-order valence-corrected chi connectivity index (χ0v) is 12.6. The quantitative estimate of drug-likeness (QED) is 0.740. The highest BCUT2D eigenvalue weighted by molar-refractivity contribution is 5.03. The maximum absolute atomic E-state index is 5.35. The maximum atomic E-state index is 5.35.